The molecule has 0 spiro atoms. The smallest absolute Gasteiger partial charge is 0.222 e. The van der Waals surface area contributed by atoms with Crippen LogP contribution in [0.4, 0.5) is 0 Å². The van der Waals surface area contributed by atoms with Crippen molar-refractivity contribution in [2.75, 3.05) is 18.8 Å². The van der Waals surface area contributed by atoms with Crippen molar-refractivity contribution in [2.45, 2.75) is 76.8 Å². The third kappa shape index (κ3) is 6.56. The molecule has 2 N–H and O–H groups in total. The van der Waals surface area contributed by atoms with Crippen molar-refractivity contribution in [2.24, 2.45) is 4.99 Å². The number of nitrogens with zero attached hydrogens (tertiary/aromatic N) is 2. The van der Waals surface area contributed by atoms with Gasteiger partial charge < -0.3 is 15.5 Å². The highest BCUT2D eigenvalue weighted by molar-refractivity contribution is 7.85. The van der Waals surface area contributed by atoms with Crippen LogP contribution in [0, 0.1) is 0 Å². The Hall–Kier alpha value is -1.89. The average molecular weight is 433 g/mol. The Kier molecular flexibility index (Phi) is 8.73. The molecule has 2 fully saturated rings. The number of rotatable bonds is 8. The van der Waals surface area contributed by atoms with Crippen LogP contribution in [0.1, 0.15) is 63.5 Å². The Bertz CT molecular complexity index is 767. The molecule has 1 saturated heterocycles. The summed E-state index contributed by atoms with van der Waals surface area (Å²) >= 11 is 0. The van der Waals surface area contributed by atoms with Crippen molar-refractivity contribution in [3.8, 4) is 0 Å². The minimum absolute atomic E-state index is 0.256. The minimum atomic E-state index is -0.722. The summed E-state index contributed by atoms with van der Waals surface area (Å²) in [5.41, 5.74) is 2.30. The van der Waals surface area contributed by atoms with E-state index in [1.54, 1.807) is 0 Å². The van der Waals surface area contributed by atoms with Crippen LogP contribution in [-0.2, 0) is 28.7 Å². The van der Waals surface area contributed by atoms with E-state index >= 15 is 0 Å². The SMILES string of the molecule is CCNC(=NCc1cccc(CN2CCCC2=O)c1)NC1CCCC(S(=O)CC)C1. The maximum Gasteiger partial charge on any atom is 0.222 e. The van der Waals surface area contributed by atoms with E-state index in [0.29, 0.717) is 30.8 Å². The van der Waals surface area contributed by atoms with Crippen LogP contribution in [0.25, 0.3) is 0 Å². The lowest BCUT2D eigenvalue weighted by Gasteiger charge is -2.30. The van der Waals surface area contributed by atoms with Crippen molar-refractivity contribution >= 4 is 22.7 Å². The van der Waals surface area contributed by atoms with Gasteiger partial charge >= 0.3 is 0 Å². The first kappa shape index (κ1) is 22.8. The van der Waals surface area contributed by atoms with Crippen molar-refractivity contribution in [3.63, 3.8) is 0 Å². The topological polar surface area (TPSA) is 73.8 Å². The Morgan fingerprint density at radius 3 is 2.80 bits per heavy atom. The van der Waals surface area contributed by atoms with Gasteiger partial charge in [-0.2, -0.15) is 0 Å². The van der Waals surface area contributed by atoms with Crippen LogP contribution >= 0.6 is 0 Å². The Morgan fingerprint density at radius 1 is 1.23 bits per heavy atom. The molecule has 7 heteroatoms. The molecule has 0 aromatic heterocycles. The van der Waals surface area contributed by atoms with Crippen molar-refractivity contribution in [1.82, 2.24) is 15.5 Å². The van der Waals surface area contributed by atoms with Crippen LogP contribution in [0.2, 0.25) is 0 Å². The Labute approximate surface area is 183 Å². The number of likely N-dealkylation sites (tertiary alicyclic amines) is 1. The second-order valence-corrected chi connectivity index (χ2v) is 10.2. The van der Waals surface area contributed by atoms with Gasteiger partial charge in [-0.25, -0.2) is 4.99 Å². The fourth-order valence-electron chi connectivity index (χ4n) is 4.35. The molecule has 1 heterocycles. The summed E-state index contributed by atoms with van der Waals surface area (Å²) in [6, 6.07) is 8.69. The molecular weight excluding hydrogens is 396 g/mol. The van der Waals surface area contributed by atoms with Gasteiger partial charge in [0.05, 0.1) is 6.54 Å². The number of amides is 1. The number of hydrogen-bond acceptors (Lipinski definition) is 3. The minimum Gasteiger partial charge on any atom is -0.357 e. The molecular formula is C23H36N4O2S. The number of carbonyl (C=O) groups is 1. The first-order valence-corrected chi connectivity index (χ1v) is 12.7. The third-order valence-electron chi connectivity index (χ3n) is 5.92. The number of aliphatic imine (C=N–C) groups is 1. The maximum absolute atomic E-state index is 12.2. The van der Waals surface area contributed by atoms with E-state index < -0.39 is 10.8 Å². The largest absolute Gasteiger partial charge is 0.357 e. The fourth-order valence-corrected chi connectivity index (χ4v) is 5.70. The predicted molar refractivity (Wildman–Crippen MR) is 124 cm³/mol. The van der Waals surface area contributed by atoms with Gasteiger partial charge in [-0.3, -0.25) is 9.00 Å². The van der Waals surface area contributed by atoms with Crippen LogP contribution in [0.3, 0.4) is 0 Å². The van der Waals surface area contributed by atoms with Gasteiger partial charge in [0.25, 0.3) is 0 Å². The highest BCUT2D eigenvalue weighted by Gasteiger charge is 2.26. The van der Waals surface area contributed by atoms with Gasteiger partial charge in [0, 0.05) is 53.9 Å². The molecule has 2 aliphatic rings. The van der Waals surface area contributed by atoms with Crippen molar-refractivity contribution < 1.29 is 9.00 Å². The summed E-state index contributed by atoms with van der Waals surface area (Å²) in [5.74, 6) is 1.82. The quantitative estimate of drug-likeness (QED) is 0.489. The molecule has 3 unspecified atom stereocenters. The Morgan fingerprint density at radius 2 is 2.07 bits per heavy atom. The monoisotopic (exact) mass is 432 g/mol. The first-order valence-electron chi connectivity index (χ1n) is 11.4. The summed E-state index contributed by atoms with van der Waals surface area (Å²) in [4.78, 5) is 18.6. The molecule has 0 bridgehead atoms. The molecule has 6 nitrogen and oxygen atoms in total. The molecule has 1 aromatic rings. The summed E-state index contributed by atoms with van der Waals surface area (Å²) in [6.45, 7) is 7.02. The number of carbonyl (C=O) groups excluding carboxylic acids is 1. The van der Waals surface area contributed by atoms with E-state index in [2.05, 4.69) is 35.8 Å². The summed E-state index contributed by atoms with van der Waals surface area (Å²) < 4.78 is 12.2. The lowest BCUT2D eigenvalue weighted by atomic mass is 9.95. The van der Waals surface area contributed by atoms with Gasteiger partial charge in [-0.15, -0.1) is 0 Å². The van der Waals surface area contributed by atoms with Crippen LogP contribution in [0.15, 0.2) is 29.3 Å². The molecule has 3 rings (SSSR count). The normalized spacial score (nSPS) is 23.5. The average Bonchev–Trinajstić information content (AvgIpc) is 3.16. The second-order valence-electron chi connectivity index (χ2n) is 8.23. The number of nitrogens with one attached hydrogen (secondary N) is 2. The second kappa shape index (κ2) is 11.5. The zero-order chi connectivity index (χ0) is 21.3. The van der Waals surface area contributed by atoms with Gasteiger partial charge in [0.15, 0.2) is 5.96 Å². The number of guanidine groups is 1. The molecule has 1 saturated carbocycles. The highest BCUT2D eigenvalue weighted by atomic mass is 32.2. The molecule has 1 aliphatic carbocycles. The van der Waals surface area contributed by atoms with E-state index in [4.69, 9.17) is 4.99 Å². The molecule has 0 radical (unpaired) electrons. The molecule has 30 heavy (non-hydrogen) atoms. The summed E-state index contributed by atoms with van der Waals surface area (Å²) in [5, 5.41) is 7.21. The molecule has 166 valence electrons. The standard InChI is InChI=1S/C23H36N4O2S/c1-3-24-23(26-20-10-6-11-21(15-20)30(29)4-2)25-16-18-8-5-9-19(14-18)17-27-13-7-12-22(27)28/h5,8-9,14,20-21H,3-4,6-7,10-13,15-17H2,1-2H3,(H2,24,25,26). The van der Waals surface area contributed by atoms with Crippen LogP contribution in [-0.4, -0.2) is 51.1 Å². The third-order valence-corrected chi connectivity index (χ3v) is 7.66. The molecule has 1 amide bonds. The zero-order valence-electron chi connectivity index (χ0n) is 18.4. The van der Waals surface area contributed by atoms with Gasteiger partial charge in [0.1, 0.15) is 0 Å². The van der Waals surface area contributed by atoms with Crippen molar-refractivity contribution in [1.29, 1.82) is 0 Å². The summed E-state index contributed by atoms with van der Waals surface area (Å²) in [7, 11) is -0.722. The van der Waals surface area contributed by atoms with E-state index in [1.165, 1.54) is 0 Å². The van der Waals surface area contributed by atoms with Gasteiger partial charge in [-0.05, 0) is 43.7 Å². The van der Waals surface area contributed by atoms with Gasteiger partial charge in [0.2, 0.25) is 5.91 Å². The lowest BCUT2D eigenvalue weighted by Crippen LogP contribution is -2.46. The van der Waals surface area contributed by atoms with Crippen molar-refractivity contribution in [3.05, 3.63) is 35.4 Å². The predicted octanol–water partition coefficient (Wildman–Crippen LogP) is 2.94. The molecule has 3 atom stereocenters. The Balaban J connectivity index is 1.59. The van der Waals surface area contributed by atoms with Gasteiger partial charge in [-0.1, -0.05) is 37.6 Å². The van der Waals surface area contributed by atoms with E-state index in [-0.39, 0.29) is 5.91 Å². The first-order chi connectivity index (χ1) is 14.6. The number of hydrogen-bond donors (Lipinski definition) is 2. The maximum atomic E-state index is 12.2. The fraction of sp³-hybridized carbons (Fsp3) is 0.652. The van der Waals surface area contributed by atoms with Crippen LogP contribution < -0.4 is 10.6 Å². The molecule has 1 aromatic carbocycles. The van der Waals surface area contributed by atoms with Crippen LogP contribution in [0.5, 0.6) is 0 Å². The van der Waals surface area contributed by atoms with E-state index in [0.717, 1.165) is 68.0 Å². The zero-order valence-corrected chi connectivity index (χ0v) is 19.2. The van der Waals surface area contributed by atoms with E-state index in [1.807, 2.05) is 17.9 Å². The summed E-state index contributed by atoms with van der Waals surface area (Å²) in [6.07, 6.45) is 5.87. The van der Waals surface area contributed by atoms with E-state index in [9.17, 15) is 9.00 Å². The number of benzene rings is 1. The highest BCUT2D eigenvalue weighted by Crippen LogP contribution is 2.23. The lowest BCUT2D eigenvalue weighted by molar-refractivity contribution is -0.128. The molecule has 1 aliphatic heterocycles.